The van der Waals surface area contributed by atoms with Gasteiger partial charge in [-0.15, -0.1) is 10.2 Å². The first-order chi connectivity index (χ1) is 14.3. The summed E-state index contributed by atoms with van der Waals surface area (Å²) in [7, 11) is 0. The number of aromatic nitrogens is 3. The summed E-state index contributed by atoms with van der Waals surface area (Å²) in [6.07, 6.45) is 1.55. The molecule has 0 saturated heterocycles. The van der Waals surface area contributed by atoms with Crippen molar-refractivity contribution in [2.45, 2.75) is 25.9 Å². The fraction of sp³-hybridized carbons (Fsp3) is 0.238. The Morgan fingerprint density at radius 2 is 1.87 bits per heavy atom. The van der Waals surface area contributed by atoms with E-state index < -0.39 is 11.9 Å². The Kier molecular flexibility index (Phi) is 7.12. The van der Waals surface area contributed by atoms with Crippen LogP contribution in [0, 0.1) is 20.8 Å². The molecule has 3 aromatic rings. The van der Waals surface area contributed by atoms with Gasteiger partial charge in [-0.05, 0) is 61.7 Å². The number of hydrogen-bond acceptors (Lipinski definition) is 6. The molecule has 0 bridgehead atoms. The van der Waals surface area contributed by atoms with E-state index in [4.69, 9.17) is 16.3 Å². The van der Waals surface area contributed by atoms with E-state index in [1.54, 1.807) is 17.0 Å². The van der Waals surface area contributed by atoms with Gasteiger partial charge in [0.05, 0.1) is 11.4 Å². The van der Waals surface area contributed by atoms with E-state index in [1.807, 2.05) is 51.1 Å². The number of carbonyl (C=O) groups excluding carboxylic acids is 2. The van der Waals surface area contributed by atoms with Crippen LogP contribution in [0.25, 0.3) is 5.69 Å². The van der Waals surface area contributed by atoms with Gasteiger partial charge in [0.1, 0.15) is 6.33 Å². The summed E-state index contributed by atoms with van der Waals surface area (Å²) in [5.41, 5.74) is 4.51. The molecular weight excluding hydrogens is 424 g/mol. The number of aryl methyl sites for hydroxylation is 3. The molecule has 1 N–H and O–H groups in total. The lowest BCUT2D eigenvalue weighted by atomic mass is 10.1. The Bertz CT molecular complexity index is 1060. The average Bonchev–Trinajstić information content (AvgIpc) is 3.14. The highest BCUT2D eigenvalue weighted by atomic mass is 35.5. The zero-order valence-electron chi connectivity index (χ0n) is 16.8. The maximum atomic E-state index is 12.0. The van der Waals surface area contributed by atoms with Gasteiger partial charge in [-0.1, -0.05) is 35.5 Å². The lowest BCUT2D eigenvalue weighted by Gasteiger charge is -2.09. The van der Waals surface area contributed by atoms with Gasteiger partial charge >= 0.3 is 5.97 Å². The predicted molar refractivity (Wildman–Crippen MR) is 117 cm³/mol. The topological polar surface area (TPSA) is 86.1 Å². The second-order valence-corrected chi connectivity index (χ2v) is 8.14. The molecule has 156 valence electrons. The van der Waals surface area contributed by atoms with Crippen LogP contribution in [-0.4, -0.2) is 39.0 Å². The van der Waals surface area contributed by atoms with Crippen LogP contribution < -0.4 is 5.32 Å². The van der Waals surface area contributed by atoms with E-state index in [-0.39, 0.29) is 12.4 Å². The zero-order valence-corrected chi connectivity index (χ0v) is 18.4. The van der Waals surface area contributed by atoms with Crippen molar-refractivity contribution in [1.82, 2.24) is 14.8 Å². The number of nitrogens with zero attached hydrogens (tertiary/aromatic N) is 3. The van der Waals surface area contributed by atoms with Crippen LogP contribution in [0.3, 0.4) is 0 Å². The minimum atomic E-state index is -0.521. The number of anilines is 1. The predicted octanol–water partition coefficient (Wildman–Crippen LogP) is 4.12. The molecule has 0 aliphatic heterocycles. The number of amides is 1. The third-order valence-electron chi connectivity index (χ3n) is 4.14. The highest BCUT2D eigenvalue weighted by Gasteiger charge is 2.13. The smallest absolute Gasteiger partial charge is 0.316 e. The Morgan fingerprint density at radius 1 is 1.13 bits per heavy atom. The maximum absolute atomic E-state index is 12.0. The maximum Gasteiger partial charge on any atom is 0.316 e. The first-order valence-corrected chi connectivity index (χ1v) is 10.5. The van der Waals surface area contributed by atoms with Gasteiger partial charge in [0.2, 0.25) is 0 Å². The number of thioether (sulfide) groups is 1. The van der Waals surface area contributed by atoms with Gasteiger partial charge in [0.25, 0.3) is 5.91 Å². The number of carbonyl (C=O) groups is 2. The molecule has 7 nitrogen and oxygen atoms in total. The van der Waals surface area contributed by atoms with E-state index in [1.165, 1.54) is 11.8 Å². The van der Waals surface area contributed by atoms with Gasteiger partial charge in [-0.3, -0.25) is 14.2 Å². The van der Waals surface area contributed by atoms with Gasteiger partial charge < -0.3 is 10.1 Å². The molecule has 0 aliphatic carbocycles. The molecule has 3 rings (SSSR count). The summed E-state index contributed by atoms with van der Waals surface area (Å²) >= 11 is 7.35. The summed E-state index contributed by atoms with van der Waals surface area (Å²) < 4.78 is 6.80. The van der Waals surface area contributed by atoms with Crippen molar-refractivity contribution >= 4 is 40.9 Å². The van der Waals surface area contributed by atoms with Crippen molar-refractivity contribution in [3.63, 3.8) is 0 Å². The normalized spacial score (nSPS) is 10.7. The second kappa shape index (κ2) is 9.77. The van der Waals surface area contributed by atoms with Crippen molar-refractivity contribution in [1.29, 1.82) is 0 Å². The molecule has 9 heteroatoms. The number of ether oxygens (including phenoxy) is 1. The van der Waals surface area contributed by atoms with Crippen LogP contribution >= 0.6 is 23.4 Å². The third-order valence-corrected chi connectivity index (χ3v) is 5.46. The molecule has 0 fully saturated rings. The van der Waals surface area contributed by atoms with E-state index in [0.29, 0.717) is 15.9 Å². The minimum absolute atomic E-state index is 0.00484. The average molecular weight is 445 g/mol. The van der Waals surface area contributed by atoms with E-state index in [2.05, 4.69) is 15.5 Å². The molecule has 1 amide bonds. The van der Waals surface area contributed by atoms with Crippen LogP contribution in [0.1, 0.15) is 16.7 Å². The quantitative estimate of drug-likeness (QED) is 0.435. The highest BCUT2D eigenvalue weighted by Crippen LogP contribution is 2.23. The molecule has 1 heterocycles. The molecule has 2 aromatic carbocycles. The molecule has 0 spiro atoms. The number of benzene rings is 2. The molecular formula is C21H21ClN4O3S. The summed E-state index contributed by atoms with van der Waals surface area (Å²) in [6.45, 7) is 5.46. The van der Waals surface area contributed by atoms with Crippen molar-refractivity contribution in [2.24, 2.45) is 0 Å². The standard InChI is InChI=1S/C21H21ClN4O3S/c1-13-6-14(2)8-16(7-13)24-19(27)10-29-20(28)11-30-21-25-23-12-26(21)17-5-4-15(3)18(22)9-17/h4-9,12H,10-11H2,1-3H3,(H,24,27). The number of nitrogens with one attached hydrogen (secondary N) is 1. The fourth-order valence-corrected chi connectivity index (χ4v) is 3.69. The van der Waals surface area contributed by atoms with Gasteiger partial charge in [-0.2, -0.15) is 0 Å². The van der Waals surface area contributed by atoms with Gasteiger partial charge in [0, 0.05) is 10.7 Å². The monoisotopic (exact) mass is 444 g/mol. The molecule has 0 unspecified atom stereocenters. The van der Waals surface area contributed by atoms with Crippen LogP contribution in [0.5, 0.6) is 0 Å². The number of esters is 1. The number of hydrogen-bond donors (Lipinski definition) is 1. The molecule has 1 aromatic heterocycles. The van der Waals surface area contributed by atoms with E-state index in [0.717, 1.165) is 22.4 Å². The summed E-state index contributed by atoms with van der Waals surface area (Å²) in [6, 6.07) is 11.3. The molecule has 0 saturated carbocycles. The van der Waals surface area contributed by atoms with Crippen LogP contribution in [-0.2, 0) is 14.3 Å². The van der Waals surface area contributed by atoms with Crippen LogP contribution in [0.4, 0.5) is 5.69 Å². The zero-order chi connectivity index (χ0) is 21.7. The molecule has 0 radical (unpaired) electrons. The van der Waals surface area contributed by atoms with Gasteiger partial charge in [-0.25, -0.2) is 0 Å². The van der Waals surface area contributed by atoms with Crippen molar-refractivity contribution < 1.29 is 14.3 Å². The Balaban J connectivity index is 1.51. The lowest BCUT2D eigenvalue weighted by Crippen LogP contribution is -2.21. The van der Waals surface area contributed by atoms with Crippen LogP contribution in [0.2, 0.25) is 5.02 Å². The highest BCUT2D eigenvalue weighted by molar-refractivity contribution is 7.99. The Hall–Kier alpha value is -2.84. The van der Waals surface area contributed by atoms with Crippen LogP contribution in [0.15, 0.2) is 47.9 Å². The van der Waals surface area contributed by atoms with E-state index >= 15 is 0 Å². The number of rotatable bonds is 7. The second-order valence-electron chi connectivity index (χ2n) is 6.79. The fourth-order valence-electron chi connectivity index (χ4n) is 2.79. The van der Waals surface area contributed by atoms with Crippen molar-refractivity contribution in [3.8, 4) is 5.69 Å². The summed E-state index contributed by atoms with van der Waals surface area (Å²) in [5.74, 6) is -0.919. The number of halogens is 1. The SMILES string of the molecule is Cc1cc(C)cc(NC(=O)COC(=O)CSc2nncn2-c2ccc(C)c(Cl)c2)c1. The third kappa shape index (κ3) is 5.84. The van der Waals surface area contributed by atoms with E-state index in [9.17, 15) is 9.59 Å². The first-order valence-electron chi connectivity index (χ1n) is 9.15. The Morgan fingerprint density at radius 3 is 2.57 bits per heavy atom. The largest absolute Gasteiger partial charge is 0.455 e. The summed E-state index contributed by atoms with van der Waals surface area (Å²) in [4.78, 5) is 24.1. The van der Waals surface area contributed by atoms with Gasteiger partial charge in [0.15, 0.2) is 11.8 Å². The molecule has 0 aliphatic rings. The molecule has 30 heavy (non-hydrogen) atoms. The van der Waals surface area contributed by atoms with Crippen molar-refractivity contribution in [3.05, 3.63) is 64.4 Å². The Labute approximate surface area is 183 Å². The van der Waals surface area contributed by atoms with Crippen molar-refractivity contribution in [2.75, 3.05) is 17.7 Å². The minimum Gasteiger partial charge on any atom is -0.455 e. The lowest BCUT2D eigenvalue weighted by molar-refractivity contribution is -0.144. The molecule has 0 atom stereocenters. The first kappa shape index (κ1) is 21.9. The summed E-state index contributed by atoms with van der Waals surface area (Å²) in [5, 5.41) is 11.8.